The van der Waals surface area contributed by atoms with Crippen molar-refractivity contribution in [1.29, 1.82) is 0 Å². The lowest BCUT2D eigenvalue weighted by Crippen LogP contribution is -2.03. The molecule has 0 fully saturated rings. The molecule has 0 heterocycles. The van der Waals surface area contributed by atoms with Crippen molar-refractivity contribution in [3.63, 3.8) is 0 Å². The molecule has 0 aliphatic heterocycles. The number of hydrogen-bond donors (Lipinski definition) is 0. The van der Waals surface area contributed by atoms with Gasteiger partial charge < -0.3 is 0 Å². The highest BCUT2D eigenvalue weighted by atomic mass is 79.9. The van der Waals surface area contributed by atoms with Gasteiger partial charge in [-0.15, -0.1) is 0 Å². The number of ketones is 1. The number of halogens is 2. The Hall–Kier alpha value is -2.00. The number of benzene rings is 3. The van der Waals surface area contributed by atoms with Crippen molar-refractivity contribution in [3.8, 4) is 0 Å². The summed E-state index contributed by atoms with van der Waals surface area (Å²) in [5, 5.41) is 1.94. The van der Waals surface area contributed by atoms with E-state index in [-0.39, 0.29) is 5.78 Å². The Morgan fingerprint density at radius 1 is 1.00 bits per heavy atom. The summed E-state index contributed by atoms with van der Waals surface area (Å²) in [6.45, 7) is 2.01. The van der Waals surface area contributed by atoms with E-state index in [0.29, 0.717) is 15.6 Å². The number of carbonyl (C=O) groups is 1. The number of aryl methyl sites for hydroxylation is 1. The van der Waals surface area contributed by atoms with Gasteiger partial charge in [-0.05, 0) is 57.4 Å². The van der Waals surface area contributed by atoms with Crippen molar-refractivity contribution in [2.45, 2.75) is 6.92 Å². The summed E-state index contributed by atoms with van der Waals surface area (Å²) in [6, 6.07) is 15.9. The Kier molecular flexibility index (Phi) is 3.60. The van der Waals surface area contributed by atoms with E-state index in [2.05, 4.69) is 15.9 Å². The van der Waals surface area contributed by atoms with E-state index in [4.69, 9.17) is 0 Å². The van der Waals surface area contributed by atoms with Crippen LogP contribution in [0.15, 0.2) is 59.1 Å². The molecule has 0 unspecified atom stereocenters. The summed E-state index contributed by atoms with van der Waals surface area (Å²) >= 11 is 3.10. The van der Waals surface area contributed by atoms with E-state index in [0.717, 1.165) is 16.3 Å². The first-order valence-corrected chi connectivity index (χ1v) is 7.35. The molecule has 0 aromatic heterocycles. The van der Waals surface area contributed by atoms with Gasteiger partial charge in [-0.2, -0.15) is 0 Å². The minimum Gasteiger partial charge on any atom is -0.289 e. The molecule has 0 saturated carbocycles. The highest BCUT2D eigenvalue weighted by molar-refractivity contribution is 9.10. The van der Waals surface area contributed by atoms with Crippen LogP contribution in [-0.4, -0.2) is 5.78 Å². The molecule has 1 nitrogen and oxygen atoms in total. The molecule has 0 bridgehead atoms. The molecule has 0 aliphatic carbocycles. The molecule has 0 spiro atoms. The lowest BCUT2D eigenvalue weighted by molar-refractivity contribution is 0.104. The standard InChI is InChI=1S/C18H12BrFO/c1-11-6-8-15(14-5-3-2-4-13(11)14)18(21)12-7-9-16(19)17(20)10-12/h2-10H,1H3. The molecule has 3 aromatic carbocycles. The van der Waals surface area contributed by atoms with Crippen LogP contribution in [0.1, 0.15) is 21.5 Å². The number of rotatable bonds is 2. The summed E-state index contributed by atoms with van der Waals surface area (Å²) < 4.78 is 14.0. The molecule has 21 heavy (non-hydrogen) atoms. The molecule has 0 atom stereocenters. The smallest absolute Gasteiger partial charge is 0.193 e. The third-order valence-electron chi connectivity index (χ3n) is 3.57. The highest BCUT2D eigenvalue weighted by Crippen LogP contribution is 2.25. The molecule has 104 valence electrons. The van der Waals surface area contributed by atoms with Crippen molar-refractivity contribution in [2.75, 3.05) is 0 Å². The van der Waals surface area contributed by atoms with Gasteiger partial charge in [0.25, 0.3) is 0 Å². The SMILES string of the molecule is Cc1ccc(C(=O)c2ccc(Br)c(F)c2)c2ccccc12. The summed E-state index contributed by atoms with van der Waals surface area (Å²) in [6.07, 6.45) is 0. The summed E-state index contributed by atoms with van der Waals surface area (Å²) in [7, 11) is 0. The average Bonchev–Trinajstić information content (AvgIpc) is 2.50. The second kappa shape index (κ2) is 5.41. The largest absolute Gasteiger partial charge is 0.289 e. The van der Waals surface area contributed by atoms with Crippen LogP contribution in [0.25, 0.3) is 10.8 Å². The van der Waals surface area contributed by atoms with Gasteiger partial charge in [-0.25, -0.2) is 4.39 Å². The van der Waals surface area contributed by atoms with E-state index in [1.54, 1.807) is 18.2 Å². The second-order valence-corrected chi connectivity index (χ2v) is 5.79. The first kappa shape index (κ1) is 14.0. The minimum absolute atomic E-state index is 0.169. The lowest BCUT2D eigenvalue weighted by atomic mass is 9.95. The van der Waals surface area contributed by atoms with Gasteiger partial charge in [0.2, 0.25) is 0 Å². The topological polar surface area (TPSA) is 17.1 Å². The zero-order chi connectivity index (χ0) is 15.0. The van der Waals surface area contributed by atoms with Crippen molar-refractivity contribution < 1.29 is 9.18 Å². The normalized spacial score (nSPS) is 10.8. The molecule has 0 saturated heterocycles. The predicted molar refractivity (Wildman–Crippen MR) is 86.2 cm³/mol. The summed E-state index contributed by atoms with van der Waals surface area (Å²) in [5.74, 6) is -0.602. The molecular formula is C18H12BrFO. The molecule has 3 rings (SSSR count). The second-order valence-electron chi connectivity index (χ2n) is 4.93. The molecule has 0 aliphatic rings. The van der Waals surface area contributed by atoms with Crippen LogP contribution in [0.4, 0.5) is 4.39 Å². The fourth-order valence-corrected chi connectivity index (χ4v) is 2.69. The maximum atomic E-state index is 13.6. The van der Waals surface area contributed by atoms with Crippen LogP contribution in [0.3, 0.4) is 0 Å². The van der Waals surface area contributed by atoms with Gasteiger partial charge in [-0.3, -0.25) is 4.79 Å². The quantitative estimate of drug-likeness (QED) is 0.579. The number of fused-ring (bicyclic) bond motifs is 1. The Morgan fingerprint density at radius 2 is 1.71 bits per heavy atom. The van der Waals surface area contributed by atoms with Crippen LogP contribution in [-0.2, 0) is 0 Å². The minimum atomic E-state index is -0.433. The van der Waals surface area contributed by atoms with Gasteiger partial charge in [0.1, 0.15) is 5.82 Å². The average molecular weight is 343 g/mol. The molecule has 0 radical (unpaired) electrons. The maximum absolute atomic E-state index is 13.6. The van der Waals surface area contributed by atoms with Crippen LogP contribution >= 0.6 is 15.9 Å². The highest BCUT2D eigenvalue weighted by Gasteiger charge is 2.14. The zero-order valence-electron chi connectivity index (χ0n) is 11.4. The Balaban J connectivity index is 2.18. The number of hydrogen-bond acceptors (Lipinski definition) is 1. The first-order chi connectivity index (χ1) is 10.1. The monoisotopic (exact) mass is 342 g/mol. The fraction of sp³-hybridized carbons (Fsp3) is 0.0556. The summed E-state index contributed by atoms with van der Waals surface area (Å²) in [5.41, 5.74) is 2.06. The number of carbonyl (C=O) groups excluding carboxylic acids is 1. The molecular weight excluding hydrogens is 331 g/mol. The van der Waals surface area contributed by atoms with Crippen molar-refractivity contribution >= 4 is 32.5 Å². The van der Waals surface area contributed by atoms with Crippen molar-refractivity contribution in [3.05, 3.63) is 81.6 Å². The lowest BCUT2D eigenvalue weighted by Gasteiger charge is -2.08. The van der Waals surface area contributed by atoms with Crippen LogP contribution < -0.4 is 0 Å². The first-order valence-electron chi connectivity index (χ1n) is 6.56. The van der Waals surface area contributed by atoms with E-state index in [1.165, 1.54) is 6.07 Å². The molecule has 0 amide bonds. The Labute approximate surface area is 130 Å². The van der Waals surface area contributed by atoms with E-state index in [9.17, 15) is 9.18 Å². The molecule has 3 heteroatoms. The Morgan fingerprint density at radius 3 is 2.43 bits per heavy atom. The van der Waals surface area contributed by atoms with E-state index < -0.39 is 5.82 Å². The van der Waals surface area contributed by atoms with Gasteiger partial charge in [0.05, 0.1) is 4.47 Å². The third kappa shape index (κ3) is 2.49. The predicted octanol–water partition coefficient (Wildman–Crippen LogP) is 5.28. The van der Waals surface area contributed by atoms with Gasteiger partial charge in [0.15, 0.2) is 5.78 Å². The third-order valence-corrected chi connectivity index (χ3v) is 4.21. The zero-order valence-corrected chi connectivity index (χ0v) is 12.9. The molecule has 0 N–H and O–H groups in total. The van der Waals surface area contributed by atoms with Crippen LogP contribution in [0.5, 0.6) is 0 Å². The van der Waals surface area contributed by atoms with Crippen LogP contribution in [0, 0.1) is 12.7 Å². The Bertz CT molecular complexity index is 855. The van der Waals surface area contributed by atoms with Crippen LogP contribution in [0.2, 0.25) is 0 Å². The fourth-order valence-electron chi connectivity index (χ4n) is 2.44. The molecule has 3 aromatic rings. The van der Waals surface area contributed by atoms with E-state index >= 15 is 0 Å². The van der Waals surface area contributed by atoms with E-state index in [1.807, 2.05) is 37.3 Å². The summed E-state index contributed by atoms with van der Waals surface area (Å²) in [4.78, 5) is 12.7. The van der Waals surface area contributed by atoms with Crippen molar-refractivity contribution in [1.82, 2.24) is 0 Å². The van der Waals surface area contributed by atoms with Gasteiger partial charge in [-0.1, -0.05) is 36.4 Å². The maximum Gasteiger partial charge on any atom is 0.193 e. The van der Waals surface area contributed by atoms with Gasteiger partial charge in [0, 0.05) is 11.1 Å². The van der Waals surface area contributed by atoms with Gasteiger partial charge >= 0.3 is 0 Å². The van der Waals surface area contributed by atoms with Crippen molar-refractivity contribution in [2.24, 2.45) is 0 Å².